The Morgan fingerprint density at radius 1 is 1.26 bits per heavy atom. The van der Waals surface area contributed by atoms with Crippen molar-refractivity contribution < 1.29 is 13.2 Å². The van der Waals surface area contributed by atoms with Gasteiger partial charge in [-0.25, -0.2) is 8.42 Å². The molecule has 0 saturated heterocycles. The highest BCUT2D eigenvalue weighted by Crippen LogP contribution is 2.40. The van der Waals surface area contributed by atoms with Gasteiger partial charge in [-0.15, -0.1) is 24.0 Å². The van der Waals surface area contributed by atoms with Crippen LogP contribution in [0.4, 0.5) is 0 Å². The number of nitrogens with one attached hydrogen (secondary N) is 2. The number of sulfone groups is 1. The average molecular weight is 461 g/mol. The molecule has 0 radical (unpaired) electrons. The lowest BCUT2D eigenvalue weighted by molar-refractivity contribution is 0.105. The van der Waals surface area contributed by atoms with E-state index in [0.29, 0.717) is 12.5 Å². The molecule has 1 fully saturated rings. The summed E-state index contributed by atoms with van der Waals surface area (Å²) >= 11 is 0. The Kier molecular flexibility index (Phi) is 11.4. The van der Waals surface area contributed by atoms with Gasteiger partial charge in [0.2, 0.25) is 0 Å². The number of hydrogen-bond acceptors (Lipinski definition) is 4. The molecule has 8 heteroatoms. The minimum atomic E-state index is -2.95. The molecule has 0 aromatic rings. The zero-order chi connectivity index (χ0) is 16.5. The predicted molar refractivity (Wildman–Crippen MR) is 107 cm³/mol. The van der Waals surface area contributed by atoms with Crippen molar-refractivity contribution in [1.29, 1.82) is 0 Å². The highest BCUT2D eigenvalue weighted by Gasteiger charge is 2.33. The summed E-state index contributed by atoms with van der Waals surface area (Å²) in [5.74, 6) is 0.787. The molecule has 2 N–H and O–H groups in total. The molecule has 1 saturated carbocycles. The molecule has 1 aliphatic carbocycles. The molecular formula is C15H32IN3O3S. The van der Waals surface area contributed by atoms with Crippen molar-refractivity contribution in [2.45, 2.75) is 39.0 Å². The van der Waals surface area contributed by atoms with E-state index in [0.717, 1.165) is 26.2 Å². The third-order valence-corrected chi connectivity index (χ3v) is 5.21. The highest BCUT2D eigenvalue weighted by molar-refractivity contribution is 14.0. The second-order valence-electron chi connectivity index (χ2n) is 6.14. The molecule has 0 unspecified atom stereocenters. The number of rotatable bonds is 9. The van der Waals surface area contributed by atoms with Crippen molar-refractivity contribution in [2.24, 2.45) is 10.4 Å². The molecule has 0 aliphatic heterocycles. The molecule has 1 aliphatic rings. The molecule has 0 atom stereocenters. The van der Waals surface area contributed by atoms with E-state index in [1.165, 1.54) is 31.9 Å². The van der Waals surface area contributed by atoms with Crippen molar-refractivity contribution in [1.82, 2.24) is 10.6 Å². The van der Waals surface area contributed by atoms with Gasteiger partial charge < -0.3 is 15.4 Å². The third-order valence-electron chi connectivity index (χ3n) is 4.26. The molecule has 0 heterocycles. The second-order valence-corrected chi connectivity index (χ2v) is 8.40. The van der Waals surface area contributed by atoms with E-state index in [1.807, 2.05) is 6.92 Å². The Bertz CT molecular complexity index is 449. The minimum absolute atomic E-state index is 0. The lowest BCUT2D eigenvalue weighted by Gasteiger charge is -2.30. The molecule has 0 aromatic heterocycles. The third kappa shape index (κ3) is 9.71. The van der Waals surface area contributed by atoms with Gasteiger partial charge in [0, 0.05) is 39.6 Å². The Labute approximate surface area is 158 Å². The van der Waals surface area contributed by atoms with E-state index in [-0.39, 0.29) is 35.1 Å². The van der Waals surface area contributed by atoms with E-state index in [9.17, 15) is 8.42 Å². The molecule has 23 heavy (non-hydrogen) atoms. The predicted octanol–water partition coefficient (Wildman–Crippen LogP) is 1.80. The Balaban J connectivity index is 0.00000484. The van der Waals surface area contributed by atoms with E-state index >= 15 is 0 Å². The number of aliphatic imine (C=N–C) groups is 1. The van der Waals surface area contributed by atoms with Crippen LogP contribution >= 0.6 is 24.0 Å². The molecule has 6 nitrogen and oxygen atoms in total. The van der Waals surface area contributed by atoms with Gasteiger partial charge >= 0.3 is 0 Å². The lowest BCUT2D eigenvalue weighted by atomic mass is 9.83. The van der Waals surface area contributed by atoms with Crippen LogP contribution in [0.25, 0.3) is 0 Å². The topological polar surface area (TPSA) is 79.8 Å². The molecule has 1 rings (SSSR count). The van der Waals surface area contributed by atoms with Crippen LogP contribution < -0.4 is 10.6 Å². The normalized spacial score (nSPS) is 17.6. The summed E-state index contributed by atoms with van der Waals surface area (Å²) in [4.78, 5) is 4.16. The van der Waals surface area contributed by atoms with Crippen molar-refractivity contribution in [3.63, 3.8) is 0 Å². The molecule has 0 bridgehead atoms. The van der Waals surface area contributed by atoms with Gasteiger partial charge in [0.15, 0.2) is 5.96 Å². The fourth-order valence-corrected chi connectivity index (χ4v) is 3.39. The quantitative estimate of drug-likeness (QED) is 0.237. The number of nitrogens with zero attached hydrogens (tertiary/aromatic N) is 1. The summed E-state index contributed by atoms with van der Waals surface area (Å²) in [5.41, 5.74) is 0.281. The van der Waals surface area contributed by atoms with Gasteiger partial charge in [-0.2, -0.15) is 0 Å². The average Bonchev–Trinajstić information content (AvgIpc) is 2.91. The Morgan fingerprint density at radius 3 is 2.43 bits per heavy atom. The van der Waals surface area contributed by atoms with Crippen LogP contribution in [0.2, 0.25) is 0 Å². The summed E-state index contributed by atoms with van der Waals surface area (Å²) in [6.45, 7) is 4.83. The van der Waals surface area contributed by atoms with Crippen LogP contribution in [0.5, 0.6) is 0 Å². The standard InChI is InChI=1S/C15H31N3O3S.HI/c1-4-21-11-9-15(7-5-6-8-15)13-18-14(16-2)17-10-12-22(3,19)20;/h4-13H2,1-3H3,(H2,16,17,18);1H. The first kappa shape index (κ1) is 22.9. The smallest absolute Gasteiger partial charge is 0.191 e. The van der Waals surface area contributed by atoms with Crippen LogP contribution in [0.15, 0.2) is 4.99 Å². The Hall–Kier alpha value is -0.0900. The number of guanidine groups is 1. The molecule has 0 spiro atoms. The first-order valence-electron chi connectivity index (χ1n) is 8.11. The minimum Gasteiger partial charge on any atom is -0.382 e. The van der Waals surface area contributed by atoms with Crippen LogP contribution in [-0.2, 0) is 14.6 Å². The molecular weight excluding hydrogens is 429 g/mol. The maximum atomic E-state index is 11.2. The first-order chi connectivity index (χ1) is 10.4. The zero-order valence-corrected chi connectivity index (χ0v) is 17.7. The van der Waals surface area contributed by atoms with Crippen molar-refractivity contribution >= 4 is 39.8 Å². The number of hydrogen-bond donors (Lipinski definition) is 2. The molecule has 138 valence electrons. The summed E-state index contributed by atoms with van der Waals surface area (Å²) in [6.07, 6.45) is 7.28. The van der Waals surface area contributed by atoms with E-state index in [1.54, 1.807) is 7.05 Å². The van der Waals surface area contributed by atoms with Gasteiger partial charge in [0.05, 0.1) is 5.75 Å². The van der Waals surface area contributed by atoms with Crippen LogP contribution in [0, 0.1) is 5.41 Å². The van der Waals surface area contributed by atoms with Crippen LogP contribution in [0.1, 0.15) is 39.0 Å². The zero-order valence-electron chi connectivity index (χ0n) is 14.6. The maximum absolute atomic E-state index is 11.2. The highest BCUT2D eigenvalue weighted by atomic mass is 127. The van der Waals surface area contributed by atoms with Gasteiger partial charge in [-0.1, -0.05) is 12.8 Å². The first-order valence-corrected chi connectivity index (χ1v) is 10.2. The maximum Gasteiger partial charge on any atom is 0.191 e. The summed E-state index contributed by atoms with van der Waals surface area (Å²) < 4.78 is 27.8. The molecule has 0 amide bonds. The van der Waals surface area contributed by atoms with E-state index < -0.39 is 9.84 Å². The lowest BCUT2D eigenvalue weighted by Crippen LogP contribution is -2.44. The fraction of sp³-hybridized carbons (Fsp3) is 0.933. The van der Waals surface area contributed by atoms with Gasteiger partial charge in [0.1, 0.15) is 9.84 Å². The van der Waals surface area contributed by atoms with Gasteiger partial charge in [-0.05, 0) is 31.6 Å². The van der Waals surface area contributed by atoms with E-state index in [2.05, 4.69) is 15.6 Å². The van der Waals surface area contributed by atoms with Crippen molar-refractivity contribution in [3.05, 3.63) is 0 Å². The number of halogens is 1. The fourth-order valence-electron chi connectivity index (χ4n) is 2.92. The van der Waals surface area contributed by atoms with Gasteiger partial charge in [-0.3, -0.25) is 4.99 Å². The summed E-state index contributed by atoms with van der Waals surface area (Å²) in [5, 5.41) is 6.42. The van der Waals surface area contributed by atoms with Crippen molar-refractivity contribution in [3.8, 4) is 0 Å². The Morgan fingerprint density at radius 2 is 1.91 bits per heavy atom. The summed E-state index contributed by atoms with van der Waals surface area (Å²) in [7, 11) is -1.24. The van der Waals surface area contributed by atoms with Gasteiger partial charge in [0.25, 0.3) is 0 Å². The number of ether oxygens (including phenoxy) is 1. The van der Waals surface area contributed by atoms with Crippen LogP contribution in [-0.4, -0.2) is 59.7 Å². The largest absolute Gasteiger partial charge is 0.382 e. The second kappa shape index (κ2) is 11.5. The SMILES string of the molecule is CCOCCC1(CNC(=NC)NCCS(C)(=O)=O)CCCC1.I. The van der Waals surface area contributed by atoms with Crippen molar-refractivity contribution in [2.75, 3.05) is 45.4 Å². The summed E-state index contributed by atoms with van der Waals surface area (Å²) in [6, 6.07) is 0. The van der Waals surface area contributed by atoms with E-state index in [4.69, 9.17) is 4.74 Å². The van der Waals surface area contributed by atoms with Crippen LogP contribution in [0.3, 0.4) is 0 Å². The molecule has 0 aromatic carbocycles. The monoisotopic (exact) mass is 461 g/mol.